The maximum Gasteiger partial charge on any atom is 0.184 e. The van der Waals surface area contributed by atoms with Crippen LogP contribution in [-0.4, -0.2) is 25.9 Å². The lowest BCUT2D eigenvalue weighted by Crippen LogP contribution is -2.11. The Morgan fingerprint density at radius 2 is 2.00 bits per heavy atom. The maximum absolute atomic E-state index is 13.0. The first-order chi connectivity index (χ1) is 12.6. The van der Waals surface area contributed by atoms with Gasteiger partial charge >= 0.3 is 0 Å². The summed E-state index contributed by atoms with van der Waals surface area (Å²) in [5.41, 5.74) is 7.90. The van der Waals surface area contributed by atoms with Gasteiger partial charge in [-0.1, -0.05) is 18.0 Å². The first-order valence-corrected chi connectivity index (χ1v) is 8.51. The second-order valence-corrected chi connectivity index (χ2v) is 6.05. The number of unbranched alkanes of at least 4 members (excludes halogenated alkanes) is 2. The van der Waals surface area contributed by atoms with Crippen LogP contribution in [-0.2, 0) is 0 Å². The van der Waals surface area contributed by atoms with Crippen LogP contribution in [0.25, 0.3) is 5.69 Å². The fraction of sp³-hybridized carbons (Fsp3) is 0.333. The van der Waals surface area contributed by atoms with Gasteiger partial charge in [0, 0.05) is 12.5 Å². The molecule has 0 aliphatic rings. The molecule has 0 amide bonds. The number of benzene rings is 1. The second-order valence-electron chi connectivity index (χ2n) is 6.05. The van der Waals surface area contributed by atoms with E-state index in [2.05, 4.69) is 19.9 Å². The van der Waals surface area contributed by atoms with Crippen molar-refractivity contribution in [3.8, 4) is 5.69 Å². The van der Waals surface area contributed by atoms with Gasteiger partial charge in [0.15, 0.2) is 5.78 Å². The van der Waals surface area contributed by atoms with Crippen LogP contribution in [0, 0.1) is 5.82 Å². The number of ketones is 1. The molecular weight excluding hydrogens is 337 g/mol. The zero-order valence-electron chi connectivity index (χ0n) is 14.2. The van der Waals surface area contributed by atoms with Crippen LogP contribution in [0.3, 0.4) is 0 Å². The number of aromatic nitrogens is 4. The van der Waals surface area contributed by atoms with Crippen LogP contribution in [0.15, 0.2) is 47.3 Å². The van der Waals surface area contributed by atoms with E-state index in [4.69, 9.17) is 5.73 Å². The first-order valence-electron chi connectivity index (χ1n) is 8.51. The van der Waals surface area contributed by atoms with E-state index in [1.807, 2.05) is 0 Å². The summed E-state index contributed by atoms with van der Waals surface area (Å²) in [5, 5.41) is 12.2. The molecule has 136 valence electrons. The minimum Gasteiger partial charge on any atom is -0.364 e. The van der Waals surface area contributed by atoms with Crippen molar-refractivity contribution in [1.29, 1.82) is 0 Å². The van der Waals surface area contributed by atoms with Crippen molar-refractivity contribution in [2.75, 3.05) is 0 Å². The highest BCUT2D eigenvalue weighted by Crippen LogP contribution is 2.17. The lowest BCUT2D eigenvalue weighted by Gasteiger charge is -2.07. The molecule has 0 aliphatic carbocycles. The SMILES string of the molecule is NC(CCCCCC(=O)c1ccon1)c1cnn(-c2ccc(F)cc2)n1. The molecule has 0 saturated carbocycles. The molecule has 1 unspecified atom stereocenters. The predicted octanol–water partition coefficient (Wildman–Crippen LogP) is 3.23. The van der Waals surface area contributed by atoms with Gasteiger partial charge in [-0.3, -0.25) is 4.79 Å². The average molecular weight is 357 g/mol. The number of halogens is 1. The number of rotatable bonds is 9. The van der Waals surface area contributed by atoms with Crippen molar-refractivity contribution >= 4 is 5.78 Å². The summed E-state index contributed by atoms with van der Waals surface area (Å²) >= 11 is 0. The fourth-order valence-corrected chi connectivity index (χ4v) is 2.60. The Balaban J connectivity index is 1.42. The molecule has 0 fully saturated rings. The highest BCUT2D eigenvalue weighted by atomic mass is 19.1. The lowest BCUT2D eigenvalue weighted by atomic mass is 10.0. The van der Waals surface area contributed by atoms with Crippen LogP contribution < -0.4 is 5.73 Å². The van der Waals surface area contributed by atoms with E-state index in [9.17, 15) is 9.18 Å². The largest absolute Gasteiger partial charge is 0.364 e. The highest BCUT2D eigenvalue weighted by Gasteiger charge is 2.12. The molecule has 0 radical (unpaired) electrons. The van der Waals surface area contributed by atoms with Crippen LogP contribution in [0.2, 0.25) is 0 Å². The summed E-state index contributed by atoms with van der Waals surface area (Å²) in [6.45, 7) is 0. The molecule has 2 N–H and O–H groups in total. The van der Waals surface area contributed by atoms with E-state index < -0.39 is 0 Å². The molecule has 0 bridgehead atoms. The van der Waals surface area contributed by atoms with Crippen molar-refractivity contribution in [2.24, 2.45) is 5.73 Å². The third-order valence-corrected chi connectivity index (χ3v) is 4.09. The monoisotopic (exact) mass is 357 g/mol. The number of carbonyl (C=O) groups excluding carboxylic acids is 1. The molecule has 0 aliphatic heterocycles. The van der Waals surface area contributed by atoms with Gasteiger partial charge in [-0.2, -0.15) is 15.0 Å². The van der Waals surface area contributed by atoms with E-state index >= 15 is 0 Å². The Morgan fingerprint density at radius 3 is 2.73 bits per heavy atom. The van der Waals surface area contributed by atoms with Gasteiger partial charge < -0.3 is 10.3 Å². The Hall–Kier alpha value is -2.87. The number of Topliss-reactive ketones (excluding diaryl/α,β-unsaturated/α-hetero) is 1. The molecule has 7 nitrogen and oxygen atoms in total. The van der Waals surface area contributed by atoms with Gasteiger partial charge in [-0.15, -0.1) is 0 Å². The molecule has 2 heterocycles. The van der Waals surface area contributed by atoms with E-state index in [0.29, 0.717) is 23.5 Å². The van der Waals surface area contributed by atoms with Crippen LogP contribution in [0.1, 0.15) is 54.3 Å². The van der Waals surface area contributed by atoms with Crippen LogP contribution >= 0.6 is 0 Å². The van der Waals surface area contributed by atoms with Gasteiger partial charge in [0.25, 0.3) is 0 Å². The normalized spacial score (nSPS) is 12.2. The smallest absolute Gasteiger partial charge is 0.184 e. The van der Waals surface area contributed by atoms with Gasteiger partial charge in [-0.25, -0.2) is 4.39 Å². The third kappa shape index (κ3) is 4.60. The topological polar surface area (TPSA) is 99.8 Å². The second kappa shape index (κ2) is 8.48. The Labute approximate surface area is 150 Å². The van der Waals surface area contributed by atoms with Crippen molar-refractivity contribution in [3.05, 3.63) is 60.0 Å². The number of hydrogen-bond acceptors (Lipinski definition) is 6. The average Bonchev–Trinajstić information content (AvgIpc) is 3.34. The standard InChI is InChI=1S/C18H20FN5O2/c19-13-6-8-14(9-7-13)24-21-12-17(22-24)15(20)4-2-1-3-5-18(25)16-10-11-26-23-16/h6-12,15H,1-5,20H2. The molecule has 1 aromatic carbocycles. The van der Waals surface area contributed by atoms with Crippen molar-refractivity contribution in [2.45, 2.75) is 38.1 Å². The van der Waals surface area contributed by atoms with Crippen molar-refractivity contribution < 1.29 is 13.7 Å². The van der Waals surface area contributed by atoms with E-state index in [-0.39, 0.29) is 17.6 Å². The Kier molecular flexibility index (Phi) is 5.85. The Morgan fingerprint density at radius 1 is 1.19 bits per heavy atom. The number of hydrogen-bond donors (Lipinski definition) is 1. The molecule has 0 spiro atoms. The molecule has 8 heteroatoms. The fourth-order valence-electron chi connectivity index (χ4n) is 2.60. The molecular formula is C18H20FN5O2. The van der Waals surface area contributed by atoms with Gasteiger partial charge in [0.2, 0.25) is 0 Å². The summed E-state index contributed by atoms with van der Waals surface area (Å²) < 4.78 is 17.6. The molecule has 26 heavy (non-hydrogen) atoms. The first kappa shape index (κ1) is 17.9. The zero-order valence-corrected chi connectivity index (χ0v) is 14.2. The predicted molar refractivity (Wildman–Crippen MR) is 92.2 cm³/mol. The molecule has 3 rings (SSSR count). The molecule has 2 aromatic heterocycles. The van der Waals surface area contributed by atoms with Crippen molar-refractivity contribution in [1.82, 2.24) is 20.2 Å². The molecule has 3 aromatic rings. The summed E-state index contributed by atoms with van der Waals surface area (Å²) in [5.74, 6) is -0.315. The number of nitrogens with two attached hydrogens (primary N) is 1. The lowest BCUT2D eigenvalue weighted by molar-refractivity contribution is 0.0970. The molecule has 0 saturated heterocycles. The van der Waals surface area contributed by atoms with E-state index in [1.54, 1.807) is 24.4 Å². The number of nitrogens with zero attached hydrogens (tertiary/aromatic N) is 4. The Bertz CT molecular complexity index is 830. The van der Waals surface area contributed by atoms with Crippen LogP contribution in [0.5, 0.6) is 0 Å². The molecule has 1 atom stereocenters. The third-order valence-electron chi connectivity index (χ3n) is 4.09. The van der Waals surface area contributed by atoms with Crippen molar-refractivity contribution in [3.63, 3.8) is 0 Å². The van der Waals surface area contributed by atoms with Crippen LogP contribution in [0.4, 0.5) is 4.39 Å². The maximum atomic E-state index is 13.0. The zero-order chi connectivity index (χ0) is 18.4. The van der Waals surface area contributed by atoms with Gasteiger partial charge in [0.05, 0.1) is 23.6 Å². The number of carbonyl (C=O) groups is 1. The summed E-state index contributed by atoms with van der Waals surface area (Å²) in [4.78, 5) is 13.2. The minimum absolute atomic E-state index is 0.00899. The van der Waals surface area contributed by atoms with E-state index in [1.165, 1.54) is 23.2 Å². The summed E-state index contributed by atoms with van der Waals surface area (Å²) in [6, 6.07) is 7.28. The quantitative estimate of drug-likeness (QED) is 0.466. The van der Waals surface area contributed by atoms with Gasteiger partial charge in [-0.05, 0) is 37.1 Å². The summed E-state index contributed by atoms with van der Waals surface area (Å²) in [7, 11) is 0. The highest BCUT2D eigenvalue weighted by molar-refractivity contribution is 5.93. The van der Waals surface area contributed by atoms with Gasteiger partial charge in [0.1, 0.15) is 17.8 Å². The minimum atomic E-state index is -0.306. The van der Waals surface area contributed by atoms with E-state index in [0.717, 1.165) is 25.7 Å². The summed E-state index contributed by atoms with van der Waals surface area (Å²) in [6.07, 6.45) is 6.77.